The highest BCUT2D eigenvalue weighted by Gasteiger charge is 2.14. The first-order valence-electron chi connectivity index (χ1n) is 8.07. The molecule has 0 spiro atoms. The fourth-order valence-corrected chi connectivity index (χ4v) is 2.54. The zero-order chi connectivity index (χ0) is 16.9. The van der Waals surface area contributed by atoms with Gasteiger partial charge in [0.2, 0.25) is 0 Å². The summed E-state index contributed by atoms with van der Waals surface area (Å²) in [5.74, 6) is -0.158. The Morgan fingerprint density at radius 3 is 2.67 bits per heavy atom. The maximum Gasteiger partial charge on any atom is 0.259 e. The summed E-state index contributed by atoms with van der Waals surface area (Å²) in [6, 6.07) is 10.3. The molecule has 3 rings (SSSR count). The lowest BCUT2D eigenvalue weighted by molar-refractivity contribution is 0.102. The third-order valence-corrected chi connectivity index (χ3v) is 3.88. The van der Waals surface area contributed by atoms with Crippen LogP contribution in [0.1, 0.15) is 28.5 Å². The van der Waals surface area contributed by atoms with E-state index >= 15 is 0 Å². The average Bonchev–Trinajstić information content (AvgIpc) is 3.20. The van der Waals surface area contributed by atoms with Crippen LogP contribution in [0.3, 0.4) is 0 Å². The zero-order valence-corrected chi connectivity index (χ0v) is 13.9. The van der Waals surface area contributed by atoms with Gasteiger partial charge < -0.3 is 5.32 Å². The molecule has 1 amide bonds. The molecule has 3 aromatic rings. The second-order valence-electron chi connectivity index (χ2n) is 5.67. The summed E-state index contributed by atoms with van der Waals surface area (Å²) < 4.78 is 3.60. The molecule has 6 heteroatoms. The molecular weight excluding hydrogens is 302 g/mol. The Hall–Kier alpha value is -2.89. The zero-order valence-electron chi connectivity index (χ0n) is 13.9. The standard InChI is InChI=1S/C18H21N5O/c1-3-22-13-17(14(2)21-22)18(24)20-16-11-19-23(12-16)10-9-15-7-5-4-6-8-15/h4-8,11-13H,3,9-10H2,1-2H3,(H,20,24). The van der Waals surface area contributed by atoms with Crippen LogP contribution in [-0.2, 0) is 19.5 Å². The molecule has 0 unspecified atom stereocenters. The number of anilines is 1. The number of aryl methyl sites for hydroxylation is 4. The van der Waals surface area contributed by atoms with Gasteiger partial charge in [-0.2, -0.15) is 10.2 Å². The van der Waals surface area contributed by atoms with Gasteiger partial charge in [-0.3, -0.25) is 14.2 Å². The van der Waals surface area contributed by atoms with Crippen molar-refractivity contribution in [3.63, 3.8) is 0 Å². The van der Waals surface area contributed by atoms with E-state index in [9.17, 15) is 4.79 Å². The second kappa shape index (κ2) is 7.12. The first-order chi connectivity index (χ1) is 11.7. The minimum atomic E-state index is -0.158. The lowest BCUT2D eigenvalue weighted by Gasteiger charge is -2.02. The summed E-state index contributed by atoms with van der Waals surface area (Å²) in [5.41, 5.74) is 3.28. The van der Waals surface area contributed by atoms with Crippen LogP contribution < -0.4 is 5.32 Å². The third-order valence-electron chi connectivity index (χ3n) is 3.88. The van der Waals surface area contributed by atoms with Crippen molar-refractivity contribution in [2.75, 3.05) is 5.32 Å². The van der Waals surface area contributed by atoms with Gasteiger partial charge in [0.25, 0.3) is 5.91 Å². The van der Waals surface area contributed by atoms with E-state index in [-0.39, 0.29) is 5.91 Å². The van der Waals surface area contributed by atoms with Gasteiger partial charge in [0.15, 0.2) is 0 Å². The normalized spacial score (nSPS) is 10.8. The second-order valence-corrected chi connectivity index (χ2v) is 5.67. The summed E-state index contributed by atoms with van der Waals surface area (Å²) >= 11 is 0. The maximum absolute atomic E-state index is 12.4. The summed E-state index contributed by atoms with van der Waals surface area (Å²) in [5, 5.41) is 11.5. The van der Waals surface area contributed by atoms with Crippen LogP contribution in [0.2, 0.25) is 0 Å². The molecule has 1 aromatic carbocycles. The molecule has 0 fully saturated rings. The van der Waals surface area contributed by atoms with Crippen molar-refractivity contribution in [1.29, 1.82) is 0 Å². The van der Waals surface area contributed by atoms with Gasteiger partial charge in [-0.1, -0.05) is 30.3 Å². The number of hydrogen-bond acceptors (Lipinski definition) is 3. The lowest BCUT2D eigenvalue weighted by Crippen LogP contribution is -2.12. The predicted molar refractivity (Wildman–Crippen MR) is 93.0 cm³/mol. The van der Waals surface area contributed by atoms with E-state index in [4.69, 9.17) is 0 Å². The Bertz CT molecular complexity index is 819. The summed E-state index contributed by atoms with van der Waals surface area (Å²) in [6.45, 7) is 5.34. The van der Waals surface area contributed by atoms with E-state index in [2.05, 4.69) is 27.6 Å². The third kappa shape index (κ3) is 3.71. The Morgan fingerprint density at radius 1 is 1.17 bits per heavy atom. The lowest BCUT2D eigenvalue weighted by atomic mass is 10.1. The first-order valence-corrected chi connectivity index (χ1v) is 8.07. The molecule has 24 heavy (non-hydrogen) atoms. The van der Waals surface area contributed by atoms with Crippen LogP contribution in [-0.4, -0.2) is 25.5 Å². The van der Waals surface area contributed by atoms with Crippen LogP contribution in [0.15, 0.2) is 48.9 Å². The molecule has 6 nitrogen and oxygen atoms in total. The highest BCUT2D eigenvalue weighted by atomic mass is 16.1. The van der Waals surface area contributed by atoms with E-state index in [0.717, 1.165) is 25.2 Å². The van der Waals surface area contributed by atoms with Gasteiger partial charge in [0.1, 0.15) is 0 Å². The number of carbonyl (C=O) groups is 1. The van der Waals surface area contributed by atoms with E-state index in [0.29, 0.717) is 11.3 Å². The molecule has 2 heterocycles. The number of nitrogens with zero attached hydrogens (tertiary/aromatic N) is 4. The van der Waals surface area contributed by atoms with Gasteiger partial charge in [-0.25, -0.2) is 0 Å². The van der Waals surface area contributed by atoms with Crippen molar-refractivity contribution >= 4 is 11.6 Å². The van der Waals surface area contributed by atoms with Crippen molar-refractivity contribution in [2.45, 2.75) is 33.4 Å². The topological polar surface area (TPSA) is 64.7 Å². The van der Waals surface area contributed by atoms with Gasteiger partial charge in [0.05, 0.1) is 23.1 Å². The summed E-state index contributed by atoms with van der Waals surface area (Å²) in [7, 11) is 0. The Labute approximate surface area is 141 Å². The quantitative estimate of drug-likeness (QED) is 0.758. The smallest absolute Gasteiger partial charge is 0.259 e. The van der Waals surface area contributed by atoms with E-state index in [1.54, 1.807) is 17.1 Å². The largest absolute Gasteiger partial charge is 0.319 e. The van der Waals surface area contributed by atoms with E-state index in [1.165, 1.54) is 5.56 Å². The van der Waals surface area contributed by atoms with E-state index in [1.807, 2.05) is 42.9 Å². The monoisotopic (exact) mass is 323 g/mol. The van der Waals surface area contributed by atoms with E-state index < -0.39 is 0 Å². The van der Waals surface area contributed by atoms with Gasteiger partial charge in [-0.15, -0.1) is 0 Å². The molecule has 0 aliphatic heterocycles. The van der Waals surface area contributed by atoms with Crippen molar-refractivity contribution in [1.82, 2.24) is 19.6 Å². The van der Waals surface area contributed by atoms with Crippen molar-refractivity contribution in [3.05, 3.63) is 65.7 Å². The van der Waals surface area contributed by atoms with Crippen molar-refractivity contribution < 1.29 is 4.79 Å². The van der Waals surface area contributed by atoms with Crippen LogP contribution in [0.5, 0.6) is 0 Å². The molecule has 0 saturated carbocycles. The maximum atomic E-state index is 12.4. The predicted octanol–water partition coefficient (Wildman–Crippen LogP) is 2.90. The minimum Gasteiger partial charge on any atom is -0.319 e. The Kier molecular flexibility index (Phi) is 4.74. The van der Waals surface area contributed by atoms with Crippen LogP contribution in [0, 0.1) is 6.92 Å². The van der Waals surface area contributed by atoms with Gasteiger partial charge in [0, 0.05) is 25.5 Å². The van der Waals surface area contributed by atoms with Crippen molar-refractivity contribution in [2.24, 2.45) is 0 Å². The van der Waals surface area contributed by atoms with Crippen LogP contribution in [0.25, 0.3) is 0 Å². The molecule has 0 atom stereocenters. The highest BCUT2D eigenvalue weighted by Crippen LogP contribution is 2.12. The molecule has 0 aliphatic carbocycles. The van der Waals surface area contributed by atoms with Crippen LogP contribution in [0.4, 0.5) is 5.69 Å². The molecule has 2 aromatic heterocycles. The number of hydrogen-bond donors (Lipinski definition) is 1. The number of carbonyl (C=O) groups excluding carboxylic acids is 1. The number of nitrogens with one attached hydrogen (secondary N) is 1. The van der Waals surface area contributed by atoms with Gasteiger partial charge in [-0.05, 0) is 25.8 Å². The van der Waals surface area contributed by atoms with Crippen molar-refractivity contribution in [3.8, 4) is 0 Å². The first kappa shape index (κ1) is 16.0. The molecule has 0 saturated heterocycles. The highest BCUT2D eigenvalue weighted by molar-refractivity contribution is 6.04. The number of benzene rings is 1. The average molecular weight is 323 g/mol. The molecule has 0 radical (unpaired) electrons. The van der Waals surface area contributed by atoms with Gasteiger partial charge >= 0.3 is 0 Å². The Morgan fingerprint density at radius 2 is 1.96 bits per heavy atom. The number of rotatable bonds is 6. The number of amides is 1. The molecular formula is C18H21N5O. The molecule has 0 bridgehead atoms. The minimum absolute atomic E-state index is 0.158. The Balaban J connectivity index is 1.61. The summed E-state index contributed by atoms with van der Waals surface area (Å²) in [6.07, 6.45) is 6.19. The molecule has 0 aliphatic rings. The molecule has 1 N–H and O–H groups in total. The SMILES string of the molecule is CCn1cc(C(=O)Nc2cnn(CCc3ccccc3)c2)c(C)n1. The fourth-order valence-electron chi connectivity index (χ4n) is 2.54. The number of aromatic nitrogens is 4. The van der Waals surface area contributed by atoms with Crippen LogP contribution >= 0.6 is 0 Å². The molecule has 124 valence electrons. The fraction of sp³-hybridized carbons (Fsp3) is 0.278. The summed E-state index contributed by atoms with van der Waals surface area (Å²) in [4.78, 5) is 12.4.